The number of anilines is 1. The largest absolute Gasteiger partial charge is 0.369 e. The number of rotatable bonds is 6. The highest BCUT2D eigenvalue weighted by molar-refractivity contribution is 7.99. The summed E-state index contributed by atoms with van der Waals surface area (Å²) < 4.78 is 0. The van der Waals surface area contributed by atoms with E-state index in [-0.39, 0.29) is 0 Å². The van der Waals surface area contributed by atoms with Crippen LogP contribution in [0.2, 0.25) is 0 Å². The number of nitrogens with zero attached hydrogens (tertiary/aromatic N) is 2. The molecular weight excluding hydrogens is 242 g/mol. The van der Waals surface area contributed by atoms with Crippen LogP contribution >= 0.6 is 11.8 Å². The minimum Gasteiger partial charge on any atom is -0.369 e. The van der Waals surface area contributed by atoms with E-state index < -0.39 is 0 Å². The van der Waals surface area contributed by atoms with Crippen LogP contribution in [0.1, 0.15) is 25.3 Å². The zero-order chi connectivity index (χ0) is 12.8. The van der Waals surface area contributed by atoms with Crippen molar-refractivity contribution < 1.29 is 0 Å². The Hall–Kier alpha value is -0.740. The van der Waals surface area contributed by atoms with Crippen LogP contribution in [0.4, 0.5) is 5.69 Å². The molecule has 0 aromatic carbocycles. The van der Waals surface area contributed by atoms with Gasteiger partial charge in [0.25, 0.3) is 0 Å². The van der Waals surface area contributed by atoms with Crippen molar-refractivity contribution in [1.82, 2.24) is 10.3 Å². The molecule has 1 aliphatic rings. The third-order valence-electron chi connectivity index (χ3n) is 3.46. The summed E-state index contributed by atoms with van der Waals surface area (Å²) >= 11 is 2.05. The first-order valence-corrected chi connectivity index (χ1v) is 7.92. The van der Waals surface area contributed by atoms with Crippen LogP contribution < -0.4 is 10.2 Å². The lowest BCUT2D eigenvalue weighted by Gasteiger charge is -2.27. The second-order valence-corrected chi connectivity index (χ2v) is 5.96. The van der Waals surface area contributed by atoms with Gasteiger partial charge in [-0.15, -0.1) is 0 Å². The highest BCUT2D eigenvalue weighted by atomic mass is 32.2. The van der Waals surface area contributed by atoms with Crippen LogP contribution in [-0.2, 0) is 6.54 Å². The van der Waals surface area contributed by atoms with E-state index in [1.54, 1.807) is 0 Å². The molecule has 1 saturated heterocycles. The van der Waals surface area contributed by atoms with Gasteiger partial charge >= 0.3 is 0 Å². The molecule has 0 saturated carbocycles. The first-order valence-electron chi connectivity index (χ1n) is 6.77. The summed E-state index contributed by atoms with van der Waals surface area (Å²) in [5.41, 5.74) is 2.64. The van der Waals surface area contributed by atoms with E-state index in [1.807, 2.05) is 12.4 Å². The summed E-state index contributed by atoms with van der Waals surface area (Å²) in [6.45, 7) is 4.21. The third-order valence-corrected chi connectivity index (χ3v) is 4.61. The molecule has 2 heterocycles. The second kappa shape index (κ2) is 7.00. The van der Waals surface area contributed by atoms with Gasteiger partial charge < -0.3 is 10.2 Å². The first kappa shape index (κ1) is 13.7. The fourth-order valence-electron chi connectivity index (χ4n) is 2.31. The number of hydrogen-bond donors (Lipinski definition) is 1. The van der Waals surface area contributed by atoms with E-state index in [9.17, 15) is 0 Å². The van der Waals surface area contributed by atoms with E-state index in [4.69, 9.17) is 0 Å². The lowest BCUT2D eigenvalue weighted by molar-refractivity contribution is 0.661. The minimum absolute atomic E-state index is 0.670. The van der Waals surface area contributed by atoms with Crippen molar-refractivity contribution in [2.75, 3.05) is 30.0 Å². The Bertz CT molecular complexity index is 364. The van der Waals surface area contributed by atoms with Crippen molar-refractivity contribution in [2.24, 2.45) is 0 Å². The Morgan fingerprint density at radius 3 is 3.17 bits per heavy atom. The molecule has 3 nitrogen and oxygen atoms in total. The highest BCUT2D eigenvalue weighted by Gasteiger charge is 2.21. The summed E-state index contributed by atoms with van der Waals surface area (Å²) in [4.78, 5) is 6.70. The molecule has 1 aromatic rings. The van der Waals surface area contributed by atoms with Crippen LogP contribution in [0.25, 0.3) is 0 Å². The number of aromatic nitrogens is 1. The minimum atomic E-state index is 0.670. The number of pyridine rings is 1. The van der Waals surface area contributed by atoms with Gasteiger partial charge in [-0.3, -0.25) is 4.98 Å². The quantitative estimate of drug-likeness (QED) is 0.800. The second-order valence-electron chi connectivity index (χ2n) is 4.81. The molecule has 1 fully saturated rings. The maximum atomic E-state index is 4.29. The van der Waals surface area contributed by atoms with Gasteiger partial charge in [-0.25, -0.2) is 0 Å². The third kappa shape index (κ3) is 3.39. The normalized spacial score (nSPS) is 19.1. The fraction of sp³-hybridized carbons (Fsp3) is 0.643. The Balaban J connectivity index is 2.05. The highest BCUT2D eigenvalue weighted by Crippen LogP contribution is 2.27. The van der Waals surface area contributed by atoms with Gasteiger partial charge in [-0.1, -0.05) is 6.92 Å². The maximum Gasteiger partial charge on any atom is 0.0598 e. The summed E-state index contributed by atoms with van der Waals surface area (Å²) in [6, 6.07) is 2.81. The Morgan fingerprint density at radius 2 is 2.44 bits per heavy atom. The summed E-state index contributed by atoms with van der Waals surface area (Å²) in [7, 11) is 2.21. The van der Waals surface area contributed by atoms with Gasteiger partial charge in [0.1, 0.15) is 0 Å². The van der Waals surface area contributed by atoms with Crippen LogP contribution in [-0.4, -0.2) is 36.1 Å². The molecule has 0 bridgehead atoms. The van der Waals surface area contributed by atoms with Crippen LogP contribution in [0.5, 0.6) is 0 Å². The number of thioether (sulfide) groups is 1. The molecular formula is C14H23N3S. The molecule has 1 aromatic heterocycles. The fourth-order valence-corrected chi connectivity index (χ4v) is 3.57. The van der Waals surface area contributed by atoms with E-state index in [0.717, 1.165) is 13.1 Å². The smallest absolute Gasteiger partial charge is 0.0598 e. The SMILES string of the molecule is CCCNCc1ccncc1N(C)C1CCSC1. The average Bonchev–Trinajstić information content (AvgIpc) is 2.93. The van der Waals surface area contributed by atoms with E-state index in [0.29, 0.717) is 6.04 Å². The van der Waals surface area contributed by atoms with Crippen molar-refractivity contribution in [3.8, 4) is 0 Å². The van der Waals surface area contributed by atoms with Gasteiger partial charge in [0.2, 0.25) is 0 Å². The van der Waals surface area contributed by atoms with Gasteiger partial charge in [0, 0.05) is 31.6 Å². The number of hydrogen-bond acceptors (Lipinski definition) is 4. The van der Waals surface area contributed by atoms with Crippen molar-refractivity contribution in [2.45, 2.75) is 32.4 Å². The zero-order valence-electron chi connectivity index (χ0n) is 11.4. The van der Waals surface area contributed by atoms with Gasteiger partial charge in [0.15, 0.2) is 0 Å². The molecule has 4 heteroatoms. The van der Waals surface area contributed by atoms with Crippen LogP contribution in [0.15, 0.2) is 18.5 Å². The molecule has 18 heavy (non-hydrogen) atoms. The van der Waals surface area contributed by atoms with E-state index in [2.05, 4.69) is 47.0 Å². The monoisotopic (exact) mass is 265 g/mol. The van der Waals surface area contributed by atoms with E-state index in [1.165, 1.54) is 35.6 Å². The molecule has 0 amide bonds. The topological polar surface area (TPSA) is 28.2 Å². The Morgan fingerprint density at radius 1 is 1.56 bits per heavy atom. The molecule has 1 aliphatic heterocycles. The average molecular weight is 265 g/mol. The predicted octanol–water partition coefficient (Wildman–Crippen LogP) is 2.52. The molecule has 1 N–H and O–H groups in total. The number of nitrogens with one attached hydrogen (secondary N) is 1. The molecule has 2 rings (SSSR count). The molecule has 1 unspecified atom stereocenters. The predicted molar refractivity (Wildman–Crippen MR) is 80.4 cm³/mol. The molecule has 100 valence electrons. The molecule has 0 radical (unpaired) electrons. The van der Waals surface area contributed by atoms with E-state index >= 15 is 0 Å². The standard InChI is InChI=1S/C14H23N3S/c1-3-6-15-9-12-4-7-16-10-14(12)17(2)13-5-8-18-11-13/h4,7,10,13,15H,3,5-6,8-9,11H2,1-2H3. The molecule has 1 atom stereocenters. The maximum absolute atomic E-state index is 4.29. The Labute approximate surface area is 114 Å². The van der Waals surface area contributed by atoms with Crippen molar-refractivity contribution in [3.05, 3.63) is 24.0 Å². The first-order chi connectivity index (χ1) is 8.83. The van der Waals surface area contributed by atoms with Gasteiger partial charge in [0.05, 0.1) is 11.9 Å². The van der Waals surface area contributed by atoms with Crippen LogP contribution in [0.3, 0.4) is 0 Å². The Kier molecular flexibility index (Phi) is 5.32. The lowest BCUT2D eigenvalue weighted by atomic mass is 10.1. The van der Waals surface area contributed by atoms with Crippen molar-refractivity contribution in [1.29, 1.82) is 0 Å². The summed E-state index contributed by atoms with van der Waals surface area (Å²) in [6.07, 6.45) is 6.36. The van der Waals surface area contributed by atoms with Crippen molar-refractivity contribution in [3.63, 3.8) is 0 Å². The van der Waals surface area contributed by atoms with Gasteiger partial charge in [-0.2, -0.15) is 11.8 Å². The summed E-state index contributed by atoms with van der Waals surface area (Å²) in [5.74, 6) is 2.53. The molecule has 0 aliphatic carbocycles. The van der Waals surface area contributed by atoms with Crippen LogP contribution in [0, 0.1) is 0 Å². The van der Waals surface area contributed by atoms with Gasteiger partial charge in [-0.05, 0) is 36.8 Å². The molecule has 0 spiro atoms. The summed E-state index contributed by atoms with van der Waals surface area (Å²) in [5, 5.41) is 3.48. The lowest BCUT2D eigenvalue weighted by Crippen LogP contribution is -2.32. The zero-order valence-corrected chi connectivity index (χ0v) is 12.2. The van der Waals surface area contributed by atoms with Crippen molar-refractivity contribution >= 4 is 17.4 Å².